The maximum absolute atomic E-state index is 12.7. The van der Waals surface area contributed by atoms with Crippen molar-refractivity contribution < 1.29 is 19.1 Å². The van der Waals surface area contributed by atoms with Gasteiger partial charge in [-0.1, -0.05) is 36.4 Å². The zero-order valence-corrected chi connectivity index (χ0v) is 15.6. The number of nitrogens with zero attached hydrogens (tertiary/aromatic N) is 1. The number of hydrogen-bond acceptors (Lipinski definition) is 5. The Morgan fingerprint density at radius 1 is 0.923 bits per heavy atom. The summed E-state index contributed by atoms with van der Waals surface area (Å²) in [6, 6.07) is 13.4. The number of rotatable bonds is 5. The minimum absolute atomic E-state index is 0.232. The molecular weight excluding hydrogens is 350 g/mol. The summed E-state index contributed by atoms with van der Waals surface area (Å²) < 4.78 is 12.0. The van der Waals surface area contributed by atoms with Crippen LogP contribution < -0.4 is 0 Å². The molecule has 3 aromatic rings. The van der Waals surface area contributed by atoms with Crippen LogP contribution in [-0.4, -0.2) is 30.7 Å². The average Bonchev–Trinajstić information content (AvgIpc) is 3.32. The Balaban J connectivity index is 2.47. The van der Waals surface area contributed by atoms with Gasteiger partial charge in [0, 0.05) is 6.54 Å². The number of benzene rings is 1. The van der Waals surface area contributed by atoms with E-state index in [1.54, 1.807) is 0 Å². The average molecular weight is 369 g/mol. The molecule has 0 saturated heterocycles. The van der Waals surface area contributed by atoms with Crippen LogP contribution >= 0.6 is 11.3 Å². The SMILES string of the molecule is CCn1c(-c2ccccc2)c(C(=O)OC)c(C(=O)OC)c1-c1cccs1. The second kappa shape index (κ2) is 7.58. The molecule has 0 amide bonds. The van der Waals surface area contributed by atoms with Gasteiger partial charge in [0.15, 0.2) is 0 Å². The molecule has 5 nitrogen and oxygen atoms in total. The summed E-state index contributed by atoms with van der Waals surface area (Å²) in [5.41, 5.74) is 2.64. The van der Waals surface area contributed by atoms with E-state index in [-0.39, 0.29) is 11.1 Å². The van der Waals surface area contributed by atoms with Gasteiger partial charge in [0.25, 0.3) is 0 Å². The van der Waals surface area contributed by atoms with Crippen molar-refractivity contribution in [3.8, 4) is 21.8 Å². The molecule has 0 spiro atoms. The van der Waals surface area contributed by atoms with Crippen LogP contribution in [0.4, 0.5) is 0 Å². The van der Waals surface area contributed by atoms with Crippen LogP contribution in [0, 0.1) is 0 Å². The molecule has 1 aromatic carbocycles. The fourth-order valence-corrected chi connectivity index (χ4v) is 3.89. The van der Waals surface area contributed by atoms with Crippen LogP contribution in [0.25, 0.3) is 21.8 Å². The van der Waals surface area contributed by atoms with Crippen LogP contribution in [-0.2, 0) is 16.0 Å². The van der Waals surface area contributed by atoms with Crippen LogP contribution in [0.15, 0.2) is 47.8 Å². The van der Waals surface area contributed by atoms with E-state index in [1.165, 1.54) is 25.6 Å². The molecule has 0 radical (unpaired) electrons. The number of ether oxygens (including phenoxy) is 2. The van der Waals surface area contributed by atoms with Crippen molar-refractivity contribution in [3.05, 3.63) is 59.0 Å². The highest BCUT2D eigenvalue weighted by atomic mass is 32.1. The van der Waals surface area contributed by atoms with E-state index in [0.717, 1.165) is 10.4 Å². The Hall–Kier alpha value is -2.86. The second-order valence-electron chi connectivity index (χ2n) is 5.52. The lowest BCUT2D eigenvalue weighted by atomic mass is 10.0. The number of thiophene rings is 1. The predicted molar refractivity (Wildman–Crippen MR) is 102 cm³/mol. The van der Waals surface area contributed by atoms with Gasteiger partial charge in [-0.3, -0.25) is 0 Å². The number of hydrogen-bond donors (Lipinski definition) is 0. The molecule has 0 unspecified atom stereocenters. The molecule has 0 aliphatic heterocycles. The number of esters is 2. The molecule has 0 saturated carbocycles. The van der Waals surface area contributed by atoms with Gasteiger partial charge in [-0.15, -0.1) is 11.3 Å². The third-order valence-corrected chi connectivity index (χ3v) is 5.04. The Labute approximate surface area is 155 Å². The monoisotopic (exact) mass is 369 g/mol. The van der Waals surface area contributed by atoms with Crippen molar-refractivity contribution in [3.63, 3.8) is 0 Å². The molecular formula is C20H19NO4S. The van der Waals surface area contributed by atoms with Gasteiger partial charge >= 0.3 is 11.9 Å². The molecule has 0 aliphatic rings. The first-order valence-corrected chi connectivity index (χ1v) is 9.04. The van der Waals surface area contributed by atoms with Crippen molar-refractivity contribution in [2.75, 3.05) is 14.2 Å². The molecule has 6 heteroatoms. The highest BCUT2D eigenvalue weighted by molar-refractivity contribution is 7.13. The molecule has 2 heterocycles. The van der Waals surface area contributed by atoms with Crippen LogP contribution in [0.1, 0.15) is 27.6 Å². The Bertz CT molecular complexity index is 927. The number of methoxy groups -OCH3 is 2. The summed E-state index contributed by atoms with van der Waals surface area (Å²) >= 11 is 1.50. The minimum atomic E-state index is -0.561. The standard InChI is InChI=1S/C20H19NO4S/c1-4-21-17(13-9-6-5-7-10-13)15(19(22)24-2)16(20(23)25-3)18(21)14-11-8-12-26-14/h5-12H,4H2,1-3H3. The van der Waals surface area contributed by atoms with E-state index in [4.69, 9.17) is 9.47 Å². The predicted octanol–water partition coefficient (Wildman–Crippen LogP) is 4.48. The van der Waals surface area contributed by atoms with E-state index in [9.17, 15) is 9.59 Å². The van der Waals surface area contributed by atoms with Gasteiger partial charge in [-0.25, -0.2) is 9.59 Å². The van der Waals surface area contributed by atoms with Gasteiger partial charge in [-0.2, -0.15) is 0 Å². The van der Waals surface area contributed by atoms with E-state index in [2.05, 4.69) is 0 Å². The number of carbonyl (C=O) groups excluding carboxylic acids is 2. The van der Waals surface area contributed by atoms with Crippen LogP contribution in [0.3, 0.4) is 0 Å². The first-order chi connectivity index (χ1) is 12.6. The first-order valence-electron chi connectivity index (χ1n) is 8.16. The molecule has 0 N–H and O–H groups in total. The van der Waals surface area contributed by atoms with Crippen molar-refractivity contribution >= 4 is 23.3 Å². The lowest BCUT2D eigenvalue weighted by molar-refractivity contribution is 0.0558. The van der Waals surface area contributed by atoms with E-state index in [1.807, 2.05) is 59.3 Å². The summed E-state index contributed by atoms with van der Waals surface area (Å²) in [5, 5.41) is 1.93. The van der Waals surface area contributed by atoms with E-state index >= 15 is 0 Å². The molecule has 3 rings (SSSR count). The third kappa shape index (κ3) is 2.93. The lowest BCUT2D eigenvalue weighted by Crippen LogP contribution is -2.11. The summed E-state index contributed by atoms with van der Waals surface area (Å²) in [7, 11) is 2.62. The van der Waals surface area contributed by atoms with Crippen molar-refractivity contribution in [1.82, 2.24) is 4.57 Å². The fraction of sp³-hybridized carbons (Fsp3) is 0.200. The molecule has 2 aromatic heterocycles. The van der Waals surface area contributed by atoms with Crippen molar-refractivity contribution in [1.29, 1.82) is 0 Å². The minimum Gasteiger partial charge on any atom is -0.465 e. The van der Waals surface area contributed by atoms with Crippen LogP contribution in [0.2, 0.25) is 0 Å². The third-order valence-electron chi connectivity index (χ3n) is 4.16. The molecule has 0 atom stereocenters. The highest BCUT2D eigenvalue weighted by Gasteiger charge is 2.33. The summed E-state index contributed by atoms with van der Waals surface area (Å²) in [6.45, 7) is 2.56. The summed E-state index contributed by atoms with van der Waals surface area (Å²) in [5.74, 6) is -1.12. The van der Waals surface area contributed by atoms with Gasteiger partial charge in [0.1, 0.15) is 11.1 Å². The summed E-state index contributed by atoms with van der Waals surface area (Å²) in [6.07, 6.45) is 0. The van der Waals surface area contributed by atoms with Gasteiger partial charge in [-0.05, 0) is 23.9 Å². The normalized spacial score (nSPS) is 10.6. The van der Waals surface area contributed by atoms with E-state index < -0.39 is 11.9 Å². The maximum atomic E-state index is 12.7. The molecule has 26 heavy (non-hydrogen) atoms. The fourth-order valence-electron chi connectivity index (χ4n) is 3.10. The maximum Gasteiger partial charge on any atom is 0.341 e. The number of carbonyl (C=O) groups is 2. The highest BCUT2D eigenvalue weighted by Crippen LogP contribution is 2.40. The molecule has 0 aliphatic carbocycles. The Kier molecular flexibility index (Phi) is 5.23. The largest absolute Gasteiger partial charge is 0.465 e. The Morgan fingerprint density at radius 2 is 1.54 bits per heavy atom. The topological polar surface area (TPSA) is 57.5 Å². The lowest BCUT2D eigenvalue weighted by Gasteiger charge is -2.11. The molecule has 134 valence electrons. The number of aromatic nitrogens is 1. The van der Waals surface area contributed by atoms with Gasteiger partial charge in [0.05, 0.1) is 30.5 Å². The van der Waals surface area contributed by atoms with Crippen molar-refractivity contribution in [2.45, 2.75) is 13.5 Å². The second-order valence-corrected chi connectivity index (χ2v) is 6.47. The van der Waals surface area contributed by atoms with Gasteiger partial charge in [0.2, 0.25) is 0 Å². The molecule has 0 bridgehead atoms. The molecule has 0 fully saturated rings. The smallest absolute Gasteiger partial charge is 0.341 e. The summed E-state index contributed by atoms with van der Waals surface area (Å²) in [4.78, 5) is 26.2. The zero-order chi connectivity index (χ0) is 18.7. The van der Waals surface area contributed by atoms with Gasteiger partial charge < -0.3 is 14.0 Å². The van der Waals surface area contributed by atoms with E-state index in [0.29, 0.717) is 17.9 Å². The zero-order valence-electron chi connectivity index (χ0n) is 14.8. The van der Waals surface area contributed by atoms with Crippen molar-refractivity contribution in [2.24, 2.45) is 0 Å². The van der Waals surface area contributed by atoms with Crippen LogP contribution in [0.5, 0.6) is 0 Å². The quantitative estimate of drug-likeness (QED) is 0.622. The first kappa shape index (κ1) is 17.9. The Morgan fingerprint density at radius 3 is 2.04 bits per heavy atom.